The Balaban J connectivity index is 2.25. The molecule has 0 saturated carbocycles. The van der Waals surface area contributed by atoms with Crippen LogP contribution >= 0.6 is 0 Å². The summed E-state index contributed by atoms with van der Waals surface area (Å²) >= 11 is 0. The molecule has 2 rings (SSSR count). The first-order chi connectivity index (χ1) is 35.9. The van der Waals surface area contributed by atoms with Crippen molar-refractivity contribution in [2.24, 2.45) is 0 Å². The van der Waals surface area contributed by atoms with Gasteiger partial charge in [-0.05, 0) is 37.7 Å². The van der Waals surface area contributed by atoms with E-state index < -0.39 is 85.8 Å². The Bertz CT molecular complexity index is 1600. The number of hydrogen-bond donors (Lipinski definition) is 3. The van der Waals surface area contributed by atoms with E-state index in [2.05, 4.69) is 32.7 Å². The van der Waals surface area contributed by atoms with Crippen LogP contribution in [0.5, 0.6) is 0 Å². The molecule has 0 bridgehead atoms. The summed E-state index contributed by atoms with van der Waals surface area (Å²) in [5.74, 6) is -7.65. The molecule has 0 radical (unpaired) electrons. The Kier molecular flexibility index (Phi) is 38.1. The van der Waals surface area contributed by atoms with Crippen LogP contribution in [0.1, 0.15) is 238 Å². The Morgan fingerprint density at radius 3 is 1.68 bits per heavy atom. The lowest BCUT2D eigenvalue weighted by molar-refractivity contribution is -0.272. The number of amides is 1. The topological polar surface area (TPSA) is 176 Å². The van der Waals surface area contributed by atoms with Crippen molar-refractivity contribution in [3.63, 3.8) is 0 Å². The normalized spacial score (nSPS) is 18.6. The molecule has 0 aromatic heterocycles. The Labute approximate surface area is 444 Å². The van der Waals surface area contributed by atoms with Crippen molar-refractivity contribution in [2.75, 3.05) is 13.2 Å². The highest BCUT2D eigenvalue weighted by atomic mass is 19.3. The van der Waals surface area contributed by atoms with Crippen LogP contribution in [-0.4, -0.2) is 96.2 Å². The van der Waals surface area contributed by atoms with Crippen LogP contribution in [-0.2, 0) is 49.4 Å². The van der Waals surface area contributed by atoms with Crippen LogP contribution in [0.15, 0.2) is 43.0 Å². The van der Waals surface area contributed by atoms with Crippen LogP contribution in [0, 0.1) is 0 Å². The van der Waals surface area contributed by atoms with Gasteiger partial charge in [-0.3, -0.25) is 14.4 Å². The minimum atomic E-state index is -4.37. The van der Waals surface area contributed by atoms with Crippen molar-refractivity contribution in [3.05, 3.63) is 48.6 Å². The van der Waals surface area contributed by atoms with Gasteiger partial charge in [0.05, 0.1) is 19.6 Å². The number of rotatable bonds is 46. The molecule has 1 amide bonds. The van der Waals surface area contributed by atoms with Crippen molar-refractivity contribution in [1.82, 2.24) is 5.32 Å². The summed E-state index contributed by atoms with van der Waals surface area (Å²) < 4.78 is 66.8. The van der Waals surface area contributed by atoms with Gasteiger partial charge in [0.25, 0.3) is 5.91 Å². The van der Waals surface area contributed by atoms with E-state index in [1.807, 2.05) is 0 Å². The van der Waals surface area contributed by atoms with Crippen LogP contribution in [0.2, 0.25) is 0 Å². The molecule has 0 spiro atoms. The fourth-order valence-corrected chi connectivity index (χ4v) is 9.33. The van der Waals surface area contributed by atoms with Gasteiger partial charge in [0, 0.05) is 6.42 Å². The Hall–Kier alpha value is -3.66. The predicted molar refractivity (Wildman–Crippen MR) is 285 cm³/mol. The van der Waals surface area contributed by atoms with Crippen molar-refractivity contribution >= 4 is 24.0 Å². The number of nitrogens with one attached hydrogen (secondary N) is 1. The maximum atomic E-state index is 16.6. The maximum absolute atomic E-state index is 16.6. The summed E-state index contributed by atoms with van der Waals surface area (Å²) in [7, 11) is 0. The van der Waals surface area contributed by atoms with Crippen LogP contribution in [0.25, 0.3) is 0 Å². The lowest BCUT2D eigenvalue weighted by atomic mass is 9.95. The molecule has 1 unspecified atom stereocenters. The standard InChI is InChI=1S/C59H99F2NO12/c1-5-9-12-15-18-21-22-25-28-31-37-42-51(64)71-48(40-35-29-26-23-19-16-13-10-6-2)44-52(65)74-55-53(56(69-43-8-4)72-49(45-63)54(55)66)62-57(67)59(60,61)50(41-36-30-27-24-20-17-14-11-7-3)73-58(68)70-46-47-38-33-32-34-39-47/h8,32-34,38-39,48-50,53-56,63,66H,4-7,9-31,35-37,40-46H2,1-3H3,(H,62,67)/t48-,49-,50?,53-,54-,55-,56-/m1/s1. The van der Waals surface area contributed by atoms with E-state index in [4.69, 9.17) is 28.4 Å². The number of alkyl halides is 2. The number of carbonyl (C=O) groups is 4. The van der Waals surface area contributed by atoms with E-state index in [0.717, 1.165) is 89.9 Å². The minimum Gasteiger partial charge on any atom is -0.462 e. The molecule has 3 N–H and O–H groups in total. The molecule has 1 aromatic carbocycles. The number of halogens is 2. The first-order valence-electron chi connectivity index (χ1n) is 29.0. The number of ether oxygens (including phenoxy) is 6. The summed E-state index contributed by atoms with van der Waals surface area (Å²) in [5.41, 5.74) is 0.597. The van der Waals surface area contributed by atoms with Gasteiger partial charge < -0.3 is 44.0 Å². The number of hydrogen-bond acceptors (Lipinski definition) is 12. The first kappa shape index (κ1) is 66.5. The van der Waals surface area contributed by atoms with Gasteiger partial charge in [-0.1, -0.05) is 224 Å². The van der Waals surface area contributed by atoms with Gasteiger partial charge in [0.15, 0.2) is 18.5 Å². The number of aliphatic hydroxyl groups excluding tert-OH is 2. The van der Waals surface area contributed by atoms with E-state index >= 15 is 8.78 Å². The van der Waals surface area contributed by atoms with Crippen LogP contribution in [0.3, 0.4) is 0 Å². The Morgan fingerprint density at radius 1 is 0.689 bits per heavy atom. The monoisotopic (exact) mass is 1050 g/mol. The molecule has 0 aliphatic carbocycles. The second-order valence-electron chi connectivity index (χ2n) is 20.4. The zero-order valence-electron chi connectivity index (χ0n) is 45.9. The molecule has 1 heterocycles. The lowest BCUT2D eigenvalue weighted by Crippen LogP contribution is -2.67. The van der Waals surface area contributed by atoms with Gasteiger partial charge in [0.2, 0.25) is 0 Å². The third-order valence-electron chi connectivity index (χ3n) is 13.8. The molecule has 13 nitrogen and oxygen atoms in total. The molecule has 1 aliphatic heterocycles. The molecule has 426 valence electrons. The predicted octanol–water partition coefficient (Wildman–Crippen LogP) is 13.9. The summed E-state index contributed by atoms with van der Waals surface area (Å²) in [6, 6.07) is 6.86. The summed E-state index contributed by atoms with van der Waals surface area (Å²) in [5, 5.41) is 23.9. The quantitative estimate of drug-likeness (QED) is 0.0244. The van der Waals surface area contributed by atoms with Gasteiger partial charge in [-0.15, -0.1) is 6.58 Å². The SMILES string of the molecule is C=CCO[C@@H]1O[C@H](CO)[C@@H](O)[C@H](OC(=O)C[C@@H](CCCCCCCCCCC)OC(=O)CCCCCCCCCCCCC)[C@H]1NC(=O)C(F)(F)C(CCCCCCCCCCC)OC(=O)OCc1ccccc1. The minimum absolute atomic E-state index is 0.191. The van der Waals surface area contributed by atoms with Crippen molar-refractivity contribution in [3.8, 4) is 0 Å². The van der Waals surface area contributed by atoms with Crippen molar-refractivity contribution in [1.29, 1.82) is 0 Å². The molecule has 1 saturated heterocycles. The van der Waals surface area contributed by atoms with Gasteiger partial charge >= 0.3 is 24.0 Å². The van der Waals surface area contributed by atoms with E-state index in [9.17, 15) is 29.4 Å². The second-order valence-corrected chi connectivity index (χ2v) is 20.4. The molecule has 74 heavy (non-hydrogen) atoms. The Morgan fingerprint density at radius 2 is 1.18 bits per heavy atom. The van der Waals surface area contributed by atoms with E-state index in [0.29, 0.717) is 31.2 Å². The molecular weight excluding hydrogens is 953 g/mol. The third kappa shape index (κ3) is 29.6. The van der Waals surface area contributed by atoms with Gasteiger partial charge in [-0.25, -0.2) is 4.79 Å². The summed E-state index contributed by atoms with van der Waals surface area (Å²) in [6.45, 7) is 8.93. The molecular formula is C59H99F2NO12. The van der Waals surface area contributed by atoms with Gasteiger partial charge in [0.1, 0.15) is 31.0 Å². The fraction of sp³-hybridized carbons (Fsp3) is 0.797. The maximum Gasteiger partial charge on any atom is 0.509 e. The summed E-state index contributed by atoms with van der Waals surface area (Å²) in [4.78, 5) is 54.1. The number of esters is 2. The van der Waals surface area contributed by atoms with E-state index in [1.54, 1.807) is 30.3 Å². The smallest absolute Gasteiger partial charge is 0.462 e. The first-order valence-corrected chi connectivity index (χ1v) is 29.0. The highest BCUT2D eigenvalue weighted by Gasteiger charge is 2.55. The number of aliphatic hydroxyl groups is 2. The molecule has 7 atom stereocenters. The van der Waals surface area contributed by atoms with E-state index in [-0.39, 0.29) is 32.5 Å². The van der Waals surface area contributed by atoms with Crippen LogP contribution in [0.4, 0.5) is 13.6 Å². The second kappa shape index (κ2) is 42.5. The largest absolute Gasteiger partial charge is 0.509 e. The molecule has 1 aliphatic rings. The third-order valence-corrected chi connectivity index (χ3v) is 13.8. The highest BCUT2D eigenvalue weighted by Crippen LogP contribution is 2.31. The average Bonchev–Trinajstić information content (AvgIpc) is 3.39. The highest BCUT2D eigenvalue weighted by molar-refractivity contribution is 5.85. The zero-order chi connectivity index (χ0) is 54.1. The number of carbonyl (C=O) groups excluding carboxylic acids is 4. The zero-order valence-corrected chi connectivity index (χ0v) is 45.9. The molecule has 1 fully saturated rings. The van der Waals surface area contributed by atoms with Crippen molar-refractivity contribution < 1.29 is 66.6 Å². The van der Waals surface area contributed by atoms with Crippen LogP contribution < -0.4 is 5.32 Å². The average molecular weight is 1050 g/mol. The number of benzene rings is 1. The molecule has 15 heteroatoms. The van der Waals surface area contributed by atoms with Crippen molar-refractivity contribution in [2.45, 2.75) is 288 Å². The number of unbranched alkanes of at least 4 members (excludes halogenated alkanes) is 26. The van der Waals surface area contributed by atoms with Gasteiger partial charge in [-0.2, -0.15) is 8.78 Å². The lowest BCUT2D eigenvalue weighted by Gasteiger charge is -2.44. The molecule has 1 aromatic rings. The summed E-state index contributed by atoms with van der Waals surface area (Å²) in [6.07, 6.45) is 19.9. The fourth-order valence-electron chi connectivity index (χ4n) is 9.33. The van der Waals surface area contributed by atoms with E-state index in [1.165, 1.54) is 76.7 Å².